The van der Waals surface area contributed by atoms with E-state index in [0.29, 0.717) is 49.9 Å². The van der Waals surface area contributed by atoms with Crippen LogP contribution in [0.1, 0.15) is 83.7 Å². The first-order chi connectivity index (χ1) is 32.3. The number of nitrogens with zero attached hydrogens (tertiary/aromatic N) is 5. The second-order valence-electron chi connectivity index (χ2n) is 20.0. The quantitative estimate of drug-likeness (QED) is 0.121. The molecule has 6 heterocycles. The number of likely N-dealkylation sites (N-methyl/N-ethyl adjacent to an activating group) is 1. The van der Waals surface area contributed by atoms with Crippen LogP contribution in [0.15, 0.2) is 54.7 Å². The SMILES string of the molecule is CCn1c(-c2cccnc2[C@H](C)OC)c2c3cc(ccc31)-c1cc(O)cc(c1)C[C@H](NC(=O)[C@H](C(C)C)N(C)C(=O)[C@H]1CCN(S(=O)(=O)[C@H]3CN3)C1)C(=O)N1CCC[C@H](N1)C(=O)OCC(C)(C)C2. The monoisotopic (exact) mass is 954 g/mol. The van der Waals surface area contributed by atoms with Gasteiger partial charge in [0.15, 0.2) is 0 Å². The molecule has 3 amide bonds. The van der Waals surface area contributed by atoms with Crippen molar-refractivity contribution in [1.29, 1.82) is 0 Å². The van der Waals surface area contributed by atoms with Crippen molar-refractivity contribution >= 4 is 44.6 Å². The van der Waals surface area contributed by atoms with Crippen LogP contribution in [0.4, 0.5) is 0 Å². The molecule has 0 radical (unpaired) electrons. The number of methoxy groups -OCH3 is 1. The number of aromatic nitrogens is 2. The van der Waals surface area contributed by atoms with Gasteiger partial charge >= 0.3 is 5.97 Å². The highest BCUT2D eigenvalue weighted by Gasteiger charge is 2.46. The van der Waals surface area contributed by atoms with Crippen molar-refractivity contribution in [2.75, 3.05) is 46.9 Å². The number of rotatable bonds is 11. The Labute approximate surface area is 398 Å². The number of cyclic esters (lactones) is 1. The van der Waals surface area contributed by atoms with Crippen LogP contribution >= 0.6 is 0 Å². The standard InChI is InChI=1S/C50H66N8O9S/c1-9-57-41-15-14-32-24-37(41)38(45(57)36-12-10-17-51-43(36)30(4)66-8)25-50(5,6)28-67-49(63)39-13-11-18-58(54-39)48(62)40(22-31-20-34(32)23-35(59)21-31)53-46(60)44(29(2)3)55(7)47(61)33-16-19-56(27-33)68(64,65)42-26-52-42/h10,12,14-15,17,20-21,23-24,29-30,33,39-40,42,44,52,54,59H,9,11,13,16,18-19,22,25-28H2,1-8H3,(H,53,60)/t30-,33-,39-,40-,42-,44-/m0/s1. The van der Waals surface area contributed by atoms with E-state index in [1.165, 1.54) is 14.2 Å². The van der Waals surface area contributed by atoms with Gasteiger partial charge in [0.05, 0.1) is 30.0 Å². The molecule has 0 aliphatic carbocycles. The van der Waals surface area contributed by atoms with E-state index >= 15 is 0 Å². The number of phenolic OH excluding ortho intramolecular Hbond substituents is 1. The highest BCUT2D eigenvalue weighted by Crippen LogP contribution is 2.42. The molecule has 0 saturated carbocycles. The summed E-state index contributed by atoms with van der Waals surface area (Å²) < 4.78 is 41.4. The third-order valence-corrected chi connectivity index (χ3v) is 16.0. The van der Waals surface area contributed by atoms with Crippen molar-refractivity contribution in [1.82, 2.24) is 39.8 Å². The minimum absolute atomic E-state index is 0.0255. The van der Waals surface area contributed by atoms with Gasteiger partial charge in [-0.05, 0) is 104 Å². The largest absolute Gasteiger partial charge is 0.508 e. The molecule has 4 aromatic rings. The van der Waals surface area contributed by atoms with Crippen LogP contribution in [0, 0.1) is 17.3 Å². The van der Waals surface area contributed by atoms with Crippen molar-refractivity contribution in [2.24, 2.45) is 17.3 Å². The Balaban J connectivity index is 1.18. The zero-order valence-corrected chi connectivity index (χ0v) is 41.2. The Bertz CT molecular complexity index is 2700. The topological polar surface area (TPSA) is 215 Å². The smallest absolute Gasteiger partial charge is 0.324 e. The summed E-state index contributed by atoms with van der Waals surface area (Å²) in [6, 6.07) is 12.3. The summed E-state index contributed by atoms with van der Waals surface area (Å²) in [5, 5.41) is 18.9. The number of amides is 3. The molecule has 6 atom stereocenters. The number of aryl methyl sites for hydroxylation is 1. The lowest BCUT2D eigenvalue weighted by molar-refractivity contribution is -0.155. The fourth-order valence-electron chi connectivity index (χ4n) is 10.3. The minimum Gasteiger partial charge on any atom is -0.508 e. The van der Waals surface area contributed by atoms with Crippen LogP contribution < -0.4 is 16.1 Å². The summed E-state index contributed by atoms with van der Waals surface area (Å²) in [5.74, 6) is -2.98. The molecule has 0 spiro atoms. The van der Waals surface area contributed by atoms with Crippen LogP contribution in [0.3, 0.4) is 0 Å². The maximum absolute atomic E-state index is 14.7. The van der Waals surface area contributed by atoms with Gasteiger partial charge in [0.1, 0.15) is 29.2 Å². The number of hydrogen-bond acceptors (Lipinski definition) is 12. The highest BCUT2D eigenvalue weighted by atomic mass is 32.2. The number of nitrogens with one attached hydrogen (secondary N) is 3. The average Bonchev–Trinajstić information content (AvgIpc) is 3.99. The number of benzene rings is 2. The van der Waals surface area contributed by atoms with Gasteiger partial charge in [-0.25, -0.2) is 13.8 Å². The Morgan fingerprint density at radius 3 is 2.54 bits per heavy atom. The fraction of sp³-hybridized carbons (Fsp3) is 0.540. The summed E-state index contributed by atoms with van der Waals surface area (Å²) in [6.45, 7) is 13.4. The van der Waals surface area contributed by atoms with E-state index in [9.17, 15) is 32.7 Å². The van der Waals surface area contributed by atoms with E-state index in [2.05, 4.69) is 59.6 Å². The number of hydrazine groups is 1. The molecule has 8 rings (SSSR count). The normalized spacial score (nSPS) is 23.2. The number of fused-ring (bicyclic) bond motifs is 6. The van der Waals surface area contributed by atoms with Gasteiger partial charge < -0.3 is 29.4 Å². The van der Waals surface area contributed by atoms with Gasteiger partial charge in [-0.2, -0.15) is 4.31 Å². The lowest BCUT2D eigenvalue weighted by Crippen LogP contribution is -2.62. The second kappa shape index (κ2) is 19.5. The van der Waals surface area contributed by atoms with Gasteiger partial charge in [-0.15, -0.1) is 0 Å². The zero-order chi connectivity index (χ0) is 48.8. The van der Waals surface area contributed by atoms with Gasteiger partial charge in [-0.1, -0.05) is 39.8 Å². The van der Waals surface area contributed by atoms with Crippen molar-refractivity contribution < 1.29 is 42.2 Å². The maximum atomic E-state index is 14.7. The van der Waals surface area contributed by atoms with Crippen LogP contribution in [-0.4, -0.2) is 131 Å². The number of carbonyl (C=O) groups excluding carboxylic acids is 4. The minimum atomic E-state index is -3.57. The van der Waals surface area contributed by atoms with E-state index in [0.717, 1.165) is 39.0 Å². The number of esters is 1. The maximum Gasteiger partial charge on any atom is 0.324 e. The van der Waals surface area contributed by atoms with Crippen LogP contribution in [0.25, 0.3) is 33.3 Å². The molecule has 6 bridgehead atoms. The molecule has 4 N–H and O–H groups in total. The molecule has 3 saturated heterocycles. The predicted octanol–water partition coefficient (Wildman–Crippen LogP) is 4.52. The van der Waals surface area contributed by atoms with Gasteiger partial charge in [-0.3, -0.25) is 34.5 Å². The van der Waals surface area contributed by atoms with Gasteiger partial charge in [0.2, 0.25) is 21.8 Å². The van der Waals surface area contributed by atoms with E-state index in [-0.39, 0.29) is 50.4 Å². The number of hydrogen-bond donors (Lipinski definition) is 4. The predicted molar refractivity (Wildman–Crippen MR) is 257 cm³/mol. The summed E-state index contributed by atoms with van der Waals surface area (Å²) in [4.78, 5) is 63.5. The second-order valence-corrected chi connectivity index (χ2v) is 22.1. The lowest BCUT2D eigenvalue weighted by Gasteiger charge is -2.37. The summed E-state index contributed by atoms with van der Waals surface area (Å²) in [5.41, 5.74) is 9.42. The molecule has 3 fully saturated rings. The molecule has 17 nitrogen and oxygen atoms in total. The molecule has 68 heavy (non-hydrogen) atoms. The van der Waals surface area contributed by atoms with Crippen molar-refractivity contribution in [3.8, 4) is 28.1 Å². The molecule has 4 aliphatic heterocycles. The Kier molecular flexibility index (Phi) is 14.1. The lowest BCUT2D eigenvalue weighted by atomic mass is 9.84. The van der Waals surface area contributed by atoms with Crippen molar-refractivity contribution in [3.63, 3.8) is 0 Å². The number of ether oxygens (including phenoxy) is 2. The van der Waals surface area contributed by atoms with E-state index in [1.54, 1.807) is 32.5 Å². The first-order valence-corrected chi connectivity index (χ1v) is 25.3. The summed E-state index contributed by atoms with van der Waals surface area (Å²) in [7, 11) is -0.368. The first-order valence-electron chi connectivity index (χ1n) is 23.8. The third-order valence-electron chi connectivity index (χ3n) is 13.9. The van der Waals surface area contributed by atoms with Crippen LogP contribution in [0.2, 0.25) is 0 Å². The Morgan fingerprint density at radius 2 is 1.84 bits per heavy atom. The zero-order valence-electron chi connectivity index (χ0n) is 40.4. The Morgan fingerprint density at radius 1 is 1.07 bits per heavy atom. The van der Waals surface area contributed by atoms with Crippen molar-refractivity contribution in [2.45, 2.75) is 110 Å². The van der Waals surface area contributed by atoms with Gasteiger partial charge in [0.25, 0.3) is 5.91 Å². The van der Waals surface area contributed by atoms with Gasteiger partial charge in [0, 0.05) is 81.4 Å². The molecule has 0 unspecified atom stereocenters. The molecule has 2 aromatic carbocycles. The van der Waals surface area contributed by atoms with E-state index < -0.39 is 68.6 Å². The third kappa shape index (κ3) is 9.88. The number of pyridine rings is 1. The molecular weight excluding hydrogens is 889 g/mol. The van der Waals surface area contributed by atoms with Crippen LogP contribution in [0.5, 0.6) is 5.75 Å². The molecule has 366 valence electrons. The van der Waals surface area contributed by atoms with Crippen molar-refractivity contribution in [3.05, 3.63) is 71.5 Å². The molecule has 4 aliphatic rings. The first kappa shape index (κ1) is 49.0. The number of carbonyl (C=O) groups is 4. The van der Waals surface area contributed by atoms with Crippen LogP contribution in [-0.2, 0) is 58.1 Å². The highest BCUT2D eigenvalue weighted by molar-refractivity contribution is 7.90. The Hall–Kier alpha value is -5.40. The number of sulfonamides is 1. The molecular formula is C50H66N8O9S. The van der Waals surface area contributed by atoms with E-state index in [1.807, 2.05) is 39.0 Å². The summed E-state index contributed by atoms with van der Waals surface area (Å²) >= 11 is 0. The fourth-order valence-corrected chi connectivity index (χ4v) is 11.9. The molecule has 18 heteroatoms. The van der Waals surface area contributed by atoms with E-state index in [4.69, 9.17) is 14.5 Å². The average molecular weight is 955 g/mol. The summed E-state index contributed by atoms with van der Waals surface area (Å²) in [6.07, 6.45) is 3.21. The molecule has 2 aromatic heterocycles. The number of phenols is 1. The number of aromatic hydroxyl groups is 1.